The number of carbonyl (C=O) groups excluding carboxylic acids is 2. The molecule has 2 aromatic heterocycles. The second-order valence-electron chi connectivity index (χ2n) is 6.56. The largest absolute Gasteiger partial charge is 0.503 e. The SMILES string of the molecule is C[NH+](C)CCCN1C(=O)C(O)=C(C(=O)c2ccco2)[C@@H]1c1ccncc1. The van der Waals surface area contributed by atoms with Crippen molar-refractivity contribution in [2.75, 3.05) is 27.2 Å². The van der Waals surface area contributed by atoms with E-state index in [1.54, 1.807) is 35.5 Å². The number of rotatable bonds is 7. The number of furan rings is 1. The fourth-order valence-electron chi connectivity index (χ4n) is 3.15. The standard InChI is InChI=1S/C19H21N3O4/c1-21(2)10-4-11-22-16(13-6-8-20-9-7-13)15(18(24)19(22)25)17(23)14-5-3-12-26-14/h3,5-9,12,16,24H,4,10-11H2,1-2H3/p+1/t16-/m0/s1. The number of nitrogens with one attached hydrogen (secondary N) is 1. The molecule has 1 aliphatic rings. The fraction of sp³-hybridized carbons (Fsp3) is 0.316. The molecule has 136 valence electrons. The highest BCUT2D eigenvalue weighted by Gasteiger charge is 2.44. The molecule has 0 saturated heterocycles. The predicted octanol–water partition coefficient (Wildman–Crippen LogP) is 0.788. The summed E-state index contributed by atoms with van der Waals surface area (Å²) in [6.07, 6.45) is 5.35. The van der Waals surface area contributed by atoms with E-state index in [4.69, 9.17) is 4.42 Å². The number of Topliss-reactive ketones (excluding diaryl/α,β-unsaturated/α-hetero) is 1. The van der Waals surface area contributed by atoms with Gasteiger partial charge in [-0.3, -0.25) is 14.6 Å². The Bertz CT molecular complexity index is 813. The number of pyridine rings is 1. The summed E-state index contributed by atoms with van der Waals surface area (Å²) in [7, 11) is 4.07. The molecule has 2 N–H and O–H groups in total. The van der Waals surface area contributed by atoms with Gasteiger partial charge in [0.25, 0.3) is 5.91 Å². The molecule has 3 heterocycles. The number of hydrogen-bond acceptors (Lipinski definition) is 5. The molecule has 0 radical (unpaired) electrons. The third-order valence-corrected chi connectivity index (χ3v) is 4.39. The van der Waals surface area contributed by atoms with Gasteiger partial charge in [0.1, 0.15) is 0 Å². The average Bonchev–Trinajstić information content (AvgIpc) is 3.24. The zero-order valence-corrected chi connectivity index (χ0v) is 14.8. The first-order chi connectivity index (χ1) is 12.5. The monoisotopic (exact) mass is 356 g/mol. The van der Waals surface area contributed by atoms with Crippen LogP contribution < -0.4 is 4.90 Å². The number of hydrogen-bond donors (Lipinski definition) is 2. The molecule has 0 bridgehead atoms. The predicted molar refractivity (Wildman–Crippen MR) is 93.7 cm³/mol. The van der Waals surface area contributed by atoms with Crippen molar-refractivity contribution in [1.82, 2.24) is 9.88 Å². The lowest BCUT2D eigenvalue weighted by atomic mass is 9.96. The molecule has 0 unspecified atom stereocenters. The first kappa shape index (κ1) is 17.9. The fourth-order valence-corrected chi connectivity index (χ4v) is 3.15. The van der Waals surface area contributed by atoms with Crippen LogP contribution in [-0.2, 0) is 4.79 Å². The molecule has 0 aliphatic carbocycles. The number of ketones is 1. The third kappa shape index (κ3) is 3.39. The average molecular weight is 356 g/mol. The van der Waals surface area contributed by atoms with Crippen molar-refractivity contribution >= 4 is 11.7 Å². The molecule has 3 rings (SSSR count). The smallest absolute Gasteiger partial charge is 0.290 e. The van der Waals surface area contributed by atoms with Crippen molar-refractivity contribution in [3.8, 4) is 0 Å². The lowest BCUT2D eigenvalue weighted by molar-refractivity contribution is -0.858. The van der Waals surface area contributed by atoms with E-state index >= 15 is 0 Å². The minimum absolute atomic E-state index is 0.0494. The molecule has 0 aromatic carbocycles. The Hall–Kier alpha value is -2.93. The number of quaternary nitrogens is 1. The van der Waals surface area contributed by atoms with Gasteiger partial charge in [0, 0.05) is 25.4 Å². The van der Waals surface area contributed by atoms with E-state index in [1.165, 1.54) is 17.2 Å². The van der Waals surface area contributed by atoms with Crippen LogP contribution in [0.3, 0.4) is 0 Å². The van der Waals surface area contributed by atoms with Crippen LogP contribution in [0.15, 0.2) is 58.7 Å². The first-order valence-electron chi connectivity index (χ1n) is 8.52. The minimum Gasteiger partial charge on any atom is -0.503 e. The molecule has 7 heteroatoms. The normalized spacial score (nSPS) is 17.4. The van der Waals surface area contributed by atoms with Crippen molar-refractivity contribution in [1.29, 1.82) is 0 Å². The first-order valence-corrected chi connectivity index (χ1v) is 8.52. The van der Waals surface area contributed by atoms with Crippen LogP contribution in [0.4, 0.5) is 0 Å². The van der Waals surface area contributed by atoms with E-state index in [0.29, 0.717) is 6.54 Å². The second-order valence-corrected chi connectivity index (χ2v) is 6.56. The zero-order chi connectivity index (χ0) is 18.7. The quantitative estimate of drug-likeness (QED) is 0.716. The lowest BCUT2D eigenvalue weighted by Gasteiger charge is -2.26. The zero-order valence-electron chi connectivity index (χ0n) is 14.8. The van der Waals surface area contributed by atoms with Gasteiger partial charge in [-0.15, -0.1) is 0 Å². The van der Waals surface area contributed by atoms with Gasteiger partial charge in [0.05, 0.1) is 38.5 Å². The summed E-state index contributed by atoms with van der Waals surface area (Å²) >= 11 is 0. The number of aliphatic hydroxyl groups excluding tert-OH is 1. The molecule has 2 aromatic rings. The summed E-state index contributed by atoms with van der Waals surface area (Å²) in [4.78, 5) is 32.3. The molecule has 1 atom stereocenters. The molecule has 0 saturated carbocycles. The van der Waals surface area contributed by atoms with E-state index < -0.39 is 23.5 Å². The number of amides is 1. The molecule has 1 amide bonds. The van der Waals surface area contributed by atoms with Crippen LogP contribution in [0.25, 0.3) is 0 Å². The van der Waals surface area contributed by atoms with Crippen molar-refractivity contribution in [3.63, 3.8) is 0 Å². The number of aliphatic hydroxyl groups is 1. The van der Waals surface area contributed by atoms with Gasteiger partial charge in [-0.05, 0) is 29.8 Å². The number of nitrogens with zero attached hydrogens (tertiary/aromatic N) is 2. The maximum absolute atomic E-state index is 12.9. The van der Waals surface area contributed by atoms with Crippen molar-refractivity contribution in [3.05, 3.63) is 65.6 Å². The highest BCUT2D eigenvalue weighted by Crippen LogP contribution is 2.38. The van der Waals surface area contributed by atoms with E-state index in [2.05, 4.69) is 4.98 Å². The van der Waals surface area contributed by atoms with Crippen LogP contribution in [0.5, 0.6) is 0 Å². The topological polar surface area (TPSA) is 88.1 Å². The number of aromatic nitrogens is 1. The molecule has 1 aliphatic heterocycles. The van der Waals surface area contributed by atoms with Crippen LogP contribution in [0, 0.1) is 0 Å². The van der Waals surface area contributed by atoms with Crippen molar-refractivity contribution in [2.45, 2.75) is 12.5 Å². The van der Waals surface area contributed by atoms with E-state index in [9.17, 15) is 14.7 Å². The van der Waals surface area contributed by atoms with E-state index in [-0.39, 0.29) is 11.3 Å². The Morgan fingerprint density at radius 3 is 2.65 bits per heavy atom. The molecule has 26 heavy (non-hydrogen) atoms. The number of carbonyl (C=O) groups is 2. The highest BCUT2D eigenvalue weighted by atomic mass is 16.3. The minimum atomic E-state index is -0.653. The van der Waals surface area contributed by atoms with Gasteiger partial charge in [-0.25, -0.2) is 0 Å². The maximum atomic E-state index is 12.9. The highest BCUT2D eigenvalue weighted by molar-refractivity contribution is 6.14. The van der Waals surface area contributed by atoms with Crippen molar-refractivity contribution in [2.24, 2.45) is 0 Å². The molecule has 7 nitrogen and oxygen atoms in total. The van der Waals surface area contributed by atoms with Gasteiger partial charge >= 0.3 is 0 Å². The molecular formula is C19H22N3O4+. The summed E-state index contributed by atoms with van der Waals surface area (Å²) in [6, 6.07) is 5.96. The van der Waals surface area contributed by atoms with Crippen molar-refractivity contribution < 1.29 is 24.0 Å². The third-order valence-electron chi connectivity index (χ3n) is 4.39. The summed E-state index contributed by atoms with van der Waals surface area (Å²) in [5, 5.41) is 10.4. The summed E-state index contributed by atoms with van der Waals surface area (Å²) < 4.78 is 5.18. The van der Waals surface area contributed by atoms with Crippen LogP contribution in [0.2, 0.25) is 0 Å². The van der Waals surface area contributed by atoms with Gasteiger partial charge < -0.3 is 19.3 Å². The van der Waals surface area contributed by atoms with E-state index in [1.807, 2.05) is 14.1 Å². The Kier molecular flexibility index (Phi) is 5.18. The van der Waals surface area contributed by atoms with Crippen LogP contribution in [-0.4, -0.2) is 53.9 Å². The van der Waals surface area contributed by atoms with Gasteiger partial charge in [0.15, 0.2) is 11.5 Å². The molecule has 0 fully saturated rings. The summed E-state index contributed by atoms with van der Waals surface area (Å²) in [5.41, 5.74) is 0.776. The van der Waals surface area contributed by atoms with Crippen LogP contribution >= 0.6 is 0 Å². The molecular weight excluding hydrogens is 334 g/mol. The lowest BCUT2D eigenvalue weighted by Crippen LogP contribution is -3.05. The Morgan fingerprint density at radius 2 is 2.04 bits per heavy atom. The Labute approximate surface area is 151 Å². The Balaban J connectivity index is 1.97. The second kappa shape index (κ2) is 7.53. The molecule has 0 spiro atoms. The summed E-state index contributed by atoms with van der Waals surface area (Å²) in [5.74, 6) is -1.43. The van der Waals surface area contributed by atoms with Crippen LogP contribution in [0.1, 0.15) is 28.6 Å². The summed E-state index contributed by atoms with van der Waals surface area (Å²) in [6.45, 7) is 1.31. The van der Waals surface area contributed by atoms with Gasteiger partial charge in [-0.1, -0.05) is 0 Å². The Morgan fingerprint density at radius 1 is 1.31 bits per heavy atom. The van der Waals surface area contributed by atoms with Gasteiger partial charge in [-0.2, -0.15) is 0 Å². The maximum Gasteiger partial charge on any atom is 0.290 e. The van der Waals surface area contributed by atoms with Gasteiger partial charge in [0.2, 0.25) is 5.78 Å². The van der Waals surface area contributed by atoms with E-state index in [0.717, 1.165) is 18.5 Å².